The number of benzene rings is 1. The molecule has 2 N–H and O–H groups in total. The van der Waals surface area contributed by atoms with Crippen LogP contribution in [0.1, 0.15) is 59.3 Å². The van der Waals surface area contributed by atoms with Crippen molar-refractivity contribution in [3.63, 3.8) is 0 Å². The minimum Gasteiger partial charge on any atom is -0.475 e. The van der Waals surface area contributed by atoms with Crippen molar-refractivity contribution >= 4 is 39.0 Å². The second-order valence-corrected chi connectivity index (χ2v) is 14.2. The fourth-order valence-corrected chi connectivity index (χ4v) is 6.54. The van der Waals surface area contributed by atoms with Crippen molar-refractivity contribution in [1.29, 1.82) is 0 Å². The van der Waals surface area contributed by atoms with Crippen molar-refractivity contribution < 1.29 is 23.1 Å². The summed E-state index contributed by atoms with van der Waals surface area (Å²) >= 11 is 6.30. The maximum absolute atomic E-state index is 13.3. The number of ether oxygens (including phenoxy) is 1. The number of amides is 1. The molecule has 1 saturated carbocycles. The van der Waals surface area contributed by atoms with Crippen LogP contribution in [0.4, 0.5) is 11.5 Å². The van der Waals surface area contributed by atoms with Crippen LogP contribution < -0.4 is 19.3 Å². The van der Waals surface area contributed by atoms with Gasteiger partial charge in [0.25, 0.3) is 15.9 Å². The van der Waals surface area contributed by atoms with Crippen LogP contribution in [-0.2, 0) is 14.8 Å². The highest BCUT2D eigenvalue weighted by Gasteiger charge is 2.54. The summed E-state index contributed by atoms with van der Waals surface area (Å²) in [5.41, 5.74) is -1.03. The lowest BCUT2D eigenvalue weighted by atomic mass is 9.84. The van der Waals surface area contributed by atoms with Gasteiger partial charge in [0.15, 0.2) is 10.6 Å². The van der Waals surface area contributed by atoms with E-state index >= 15 is 0 Å². The highest BCUT2D eigenvalue weighted by atomic mass is 35.5. The lowest BCUT2D eigenvalue weighted by molar-refractivity contribution is -0.127. The third kappa shape index (κ3) is 6.28. The van der Waals surface area contributed by atoms with Crippen molar-refractivity contribution in [1.82, 2.24) is 9.71 Å². The standard InChI is InChI=1S/C28H37ClN4O5S/c1-26(2)10-5-15-33(19-26)21-9-8-20(29)18-22(21)38-28(11-12-28)25(34)31-39(36,37)24-7-4-6-23(30-24)32-16-13-27(3,35)14-17-32/h4,6-9,18,35H,5,10-17,19H2,1-3H3,(H,31,34). The SMILES string of the molecule is CC1(C)CCCN(c2ccc(Cl)cc2OC2(C(=O)NS(=O)(=O)c3cccc(N4CCC(C)(O)CC4)n3)CC2)C1. The summed E-state index contributed by atoms with van der Waals surface area (Å²) in [5, 5.41) is 10.5. The summed E-state index contributed by atoms with van der Waals surface area (Å²) in [7, 11) is -4.24. The normalized spacial score (nSPS) is 21.8. The molecule has 0 spiro atoms. The molecule has 212 valence electrons. The molecule has 11 heteroatoms. The van der Waals surface area contributed by atoms with Gasteiger partial charge in [-0.1, -0.05) is 31.5 Å². The minimum atomic E-state index is -4.24. The summed E-state index contributed by atoms with van der Waals surface area (Å²) in [4.78, 5) is 21.8. The Morgan fingerprint density at radius 2 is 1.74 bits per heavy atom. The van der Waals surface area contributed by atoms with Crippen LogP contribution in [0.2, 0.25) is 5.02 Å². The highest BCUT2D eigenvalue weighted by molar-refractivity contribution is 7.90. The summed E-state index contributed by atoms with van der Waals surface area (Å²) in [6.45, 7) is 9.08. The van der Waals surface area contributed by atoms with E-state index in [1.165, 1.54) is 6.07 Å². The molecule has 0 atom stereocenters. The van der Waals surface area contributed by atoms with Gasteiger partial charge in [0.2, 0.25) is 0 Å². The Morgan fingerprint density at radius 1 is 1.03 bits per heavy atom. The average Bonchev–Trinajstić information content (AvgIpc) is 3.64. The number of rotatable bonds is 7. The van der Waals surface area contributed by atoms with Gasteiger partial charge in [-0.25, -0.2) is 9.71 Å². The fraction of sp³-hybridized carbons (Fsp3) is 0.571. The van der Waals surface area contributed by atoms with Crippen molar-refractivity contribution in [2.45, 2.75) is 75.5 Å². The van der Waals surface area contributed by atoms with Crippen LogP contribution in [0.5, 0.6) is 5.75 Å². The first-order chi connectivity index (χ1) is 18.3. The number of aliphatic hydroxyl groups is 1. The number of pyridine rings is 1. The molecule has 1 amide bonds. The number of halogens is 1. The zero-order valence-corrected chi connectivity index (χ0v) is 24.3. The summed E-state index contributed by atoms with van der Waals surface area (Å²) < 4.78 is 34.9. The molecule has 3 fully saturated rings. The predicted octanol–water partition coefficient (Wildman–Crippen LogP) is 4.13. The Morgan fingerprint density at radius 3 is 2.41 bits per heavy atom. The minimum absolute atomic E-state index is 0.144. The van der Waals surface area contributed by atoms with Crippen molar-refractivity contribution in [2.75, 3.05) is 36.0 Å². The van der Waals surface area contributed by atoms with Gasteiger partial charge in [-0.15, -0.1) is 0 Å². The third-order valence-electron chi connectivity index (χ3n) is 7.96. The number of nitrogens with one attached hydrogen (secondary N) is 1. The van der Waals surface area contributed by atoms with E-state index in [2.05, 4.69) is 28.5 Å². The quantitative estimate of drug-likeness (QED) is 0.506. The van der Waals surface area contributed by atoms with E-state index in [1.807, 2.05) is 11.0 Å². The molecule has 9 nitrogen and oxygen atoms in total. The van der Waals surface area contributed by atoms with E-state index in [1.54, 1.807) is 31.2 Å². The fourth-order valence-electron chi connectivity index (χ4n) is 5.37. The Bertz CT molecular complexity index is 1350. The summed E-state index contributed by atoms with van der Waals surface area (Å²) in [6.07, 6.45) is 4.08. The Kier molecular flexibility index (Phi) is 7.26. The molecule has 0 bridgehead atoms. The van der Waals surface area contributed by atoms with Crippen LogP contribution in [-0.4, -0.2) is 61.8 Å². The van der Waals surface area contributed by atoms with Gasteiger partial charge < -0.3 is 19.6 Å². The predicted molar refractivity (Wildman–Crippen MR) is 151 cm³/mol. The molecule has 3 heterocycles. The van der Waals surface area contributed by atoms with Gasteiger partial charge in [0.1, 0.15) is 11.6 Å². The van der Waals surface area contributed by atoms with E-state index in [4.69, 9.17) is 16.3 Å². The maximum Gasteiger partial charge on any atom is 0.281 e. The number of hydrogen-bond acceptors (Lipinski definition) is 8. The summed E-state index contributed by atoms with van der Waals surface area (Å²) in [6, 6.07) is 10.1. The molecular weight excluding hydrogens is 540 g/mol. The number of carbonyl (C=O) groups excluding carboxylic acids is 1. The molecule has 2 aromatic rings. The zero-order chi connectivity index (χ0) is 28.1. The topological polar surface area (TPSA) is 112 Å². The van der Waals surface area contributed by atoms with E-state index in [0.717, 1.165) is 31.6 Å². The molecule has 2 saturated heterocycles. The van der Waals surface area contributed by atoms with Gasteiger partial charge in [0, 0.05) is 50.1 Å². The third-order valence-corrected chi connectivity index (χ3v) is 9.43. The summed E-state index contributed by atoms with van der Waals surface area (Å²) in [5.74, 6) is 0.256. The first kappa shape index (κ1) is 28.0. The monoisotopic (exact) mass is 576 g/mol. The largest absolute Gasteiger partial charge is 0.475 e. The lowest BCUT2D eigenvalue weighted by Gasteiger charge is -2.40. The van der Waals surface area contributed by atoms with Gasteiger partial charge in [-0.05, 0) is 62.3 Å². The van der Waals surface area contributed by atoms with Crippen LogP contribution in [0.25, 0.3) is 0 Å². The van der Waals surface area contributed by atoms with Crippen molar-refractivity contribution in [2.24, 2.45) is 5.41 Å². The van der Waals surface area contributed by atoms with E-state index in [-0.39, 0.29) is 10.4 Å². The number of anilines is 2. The molecule has 0 unspecified atom stereocenters. The van der Waals surface area contributed by atoms with Crippen LogP contribution in [0.3, 0.4) is 0 Å². The molecule has 1 aromatic carbocycles. The van der Waals surface area contributed by atoms with E-state index in [9.17, 15) is 18.3 Å². The molecule has 2 aliphatic heterocycles. The van der Waals surface area contributed by atoms with Crippen LogP contribution in [0.15, 0.2) is 41.4 Å². The Labute approximate surface area is 235 Å². The maximum atomic E-state index is 13.3. The molecule has 3 aliphatic rings. The Hall–Kier alpha value is -2.56. The zero-order valence-electron chi connectivity index (χ0n) is 22.7. The number of hydrogen-bond donors (Lipinski definition) is 2. The number of aromatic nitrogens is 1. The van der Waals surface area contributed by atoms with E-state index in [0.29, 0.717) is 55.4 Å². The molecule has 39 heavy (non-hydrogen) atoms. The molecule has 1 aliphatic carbocycles. The Balaban J connectivity index is 1.32. The van der Waals surface area contributed by atoms with Gasteiger partial charge in [-0.2, -0.15) is 8.42 Å². The van der Waals surface area contributed by atoms with E-state index < -0.39 is 27.1 Å². The smallest absolute Gasteiger partial charge is 0.281 e. The average molecular weight is 577 g/mol. The first-order valence-corrected chi connectivity index (χ1v) is 15.4. The number of carbonyl (C=O) groups is 1. The molecule has 0 radical (unpaired) electrons. The second-order valence-electron chi connectivity index (χ2n) is 12.2. The van der Waals surface area contributed by atoms with Crippen molar-refractivity contribution in [3.8, 4) is 5.75 Å². The lowest BCUT2D eigenvalue weighted by Crippen LogP contribution is -2.44. The van der Waals surface area contributed by atoms with Crippen LogP contribution in [0, 0.1) is 5.41 Å². The number of piperidine rings is 2. The van der Waals surface area contributed by atoms with Gasteiger partial charge >= 0.3 is 0 Å². The number of nitrogens with zero attached hydrogens (tertiary/aromatic N) is 3. The molecule has 5 rings (SSSR count). The number of sulfonamides is 1. The second kappa shape index (κ2) is 10.1. The van der Waals surface area contributed by atoms with Crippen molar-refractivity contribution in [3.05, 3.63) is 41.4 Å². The first-order valence-electron chi connectivity index (χ1n) is 13.5. The molecule has 1 aromatic heterocycles. The van der Waals surface area contributed by atoms with Gasteiger partial charge in [0.05, 0.1) is 11.3 Å². The van der Waals surface area contributed by atoms with Gasteiger partial charge in [-0.3, -0.25) is 4.79 Å². The highest BCUT2D eigenvalue weighted by Crippen LogP contribution is 2.45. The van der Waals surface area contributed by atoms with Crippen LogP contribution >= 0.6 is 11.6 Å². The molecular formula is C28H37ClN4O5S.